The van der Waals surface area contributed by atoms with E-state index in [1.165, 1.54) is 16.7 Å². The summed E-state index contributed by atoms with van der Waals surface area (Å²) in [6.07, 6.45) is 0. The smallest absolute Gasteiger partial charge is 0.237 e. The standard InChI is InChI=1S/C11H12FNO2S/c12-3-4-13-9-5-8(6-14)1-2-10(9)16-7-11(13)15/h1-2,5,14H,3-4,6-7H2. The van der Waals surface area contributed by atoms with Crippen molar-refractivity contribution in [2.45, 2.75) is 11.5 Å². The zero-order valence-corrected chi connectivity index (χ0v) is 9.47. The van der Waals surface area contributed by atoms with Gasteiger partial charge in [0.1, 0.15) is 6.67 Å². The van der Waals surface area contributed by atoms with Gasteiger partial charge in [0.05, 0.1) is 24.6 Å². The van der Waals surface area contributed by atoms with Crippen LogP contribution in [-0.2, 0) is 11.4 Å². The number of benzene rings is 1. The summed E-state index contributed by atoms with van der Waals surface area (Å²) in [5.41, 5.74) is 1.45. The van der Waals surface area contributed by atoms with Gasteiger partial charge in [0.2, 0.25) is 5.91 Å². The molecule has 0 radical (unpaired) electrons. The van der Waals surface area contributed by atoms with Gasteiger partial charge in [-0.1, -0.05) is 6.07 Å². The number of hydrogen-bond donors (Lipinski definition) is 1. The topological polar surface area (TPSA) is 40.5 Å². The van der Waals surface area contributed by atoms with Crippen LogP contribution in [0.5, 0.6) is 0 Å². The van der Waals surface area contributed by atoms with Gasteiger partial charge >= 0.3 is 0 Å². The van der Waals surface area contributed by atoms with Crippen molar-refractivity contribution in [3.8, 4) is 0 Å². The van der Waals surface area contributed by atoms with E-state index in [1.807, 2.05) is 12.1 Å². The number of aliphatic hydroxyl groups excluding tert-OH is 1. The lowest BCUT2D eigenvalue weighted by Gasteiger charge is -2.28. The molecule has 0 spiro atoms. The third-order valence-electron chi connectivity index (χ3n) is 2.46. The summed E-state index contributed by atoms with van der Waals surface area (Å²) in [5.74, 6) is 0.274. The summed E-state index contributed by atoms with van der Waals surface area (Å²) >= 11 is 1.45. The number of alkyl halides is 1. The number of aliphatic hydroxyl groups is 1. The van der Waals surface area contributed by atoms with Crippen molar-refractivity contribution in [2.75, 3.05) is 23.9 Å². The predicted molar refractivity (Wildman–Crippen MR) is 61.4 cm³/mol. The van der Waals surface area contributed by atoms with Crippen LogP contribution in [0.4, 0.5) is 10.1 Å². The first-order valence-electron chi connectivity index (χ1n) is 4.99. The largest absolute Gasteiger partial charge is 0.392 e. The van der Waals surface area contributed by atoms with Gasteiger partial charge < -0.3 is 10.0 Å². The number of amides is 1. The number of rotatable bonds is 3. The van der Waals surface area contributed by atoms with Crippen molar-refractivity contribution in [1.29, 1.82) is 0 Å². The molecule has 0 atom stereocenters. The molecule has 0 aromatic heterocycles. The molecule has 1 N–H and O–H groups in total. The molecule has 0 bridgehead atoms. The average Bonchev–Trinajstić information content (AvgIpc) is 2.32. The normalized spacial score (nSPS) is 15.1. The highest BCUT2D eigenvalue weighted by molar-refractivity contribution is 8.00. The Hall–Kier alpha value is -1.07. The molecule has 16 heavy (non-hydrogen) atoms. The van der Waals surface area contributed by atoms with E-state index in [0.717, 1.165) is 10.5 Å². The van der Waals surface area contributed by atoms with Crippen molar-refractivity contribution >= 4 is 23.4 Å². The summed E-state index contributed by atoms with van der Waals surface area (Å²) in [5, 5.41) is 9.04. The minimum atomic E-state index is -0.556. The maximum Gasteiger partial charge on any atom is 0.237 e. The van der Waals surface area contributed by atoms with Gasteiger partial charge in [-0.2, -0.15) is 0 Å². The number of thioether (sulfide) groups is 1. The van der Waals surface area contributed by atoms with Crippen molar-refractivity contribution < 1.29 is 14.3 Å². The summed E-state index contributed by atoms with van der Waals surface area (Å²) < 4.78 is 12.4. The molecule has 3 nitrogen and oxygen atoms in total. The Balaban J connectivity index is 2.39. The number of hydrogen-bond acceptors (Lipinski definition) is 3. The molecule has 0 fully saturated rings. The van der Waals surface area contributed by atoms with Crippen LogP contribution in [0.1, 0.15) is 5.56 Å². The SMILES string of the molecule is O=C1CSc2ccc(CO)cc2N1CCF. The molecule has 1 amide bonds. The Bertz CT molecular complexity index is 411. The maximum atomic E-state index is 12.4. The van der Waals surface area contributed by atoms with E-state index in [4.69, 9.17) is 5.11 Å². The second kappa shape index (κ2) is 4.84. The molecule has 0 saturated carbocycles. The van der Waals surface area contributed by atoms with E-state index < -0.39 is 6.67 Å². The molecule has 86 valence electrons. The lowest BCUT2D eigenvalue weighted by atomic mass is 10.2. The fourth-order valence-corrected chi connectivity index (χ4v) is 2.59. The van der Waals surface area contributed by atoms with Gasteiger partial charge in [-0.25, -0.2) is 4.39 Å². The van der Waals surface area contributed by atoms with Gasteiger partial charge in [-0.15, -0.1) is 11.8 Å². The highest BCUT2D eigenvalue weighted by Gasteiger charge is 2.24. The van der Waals surface area contributed by atoms with Gasteiger partial charge in [-0.05, 0) is 17.7 Å². The molecule has 1 aliphatic heterocycles. The fourth-order valence-electron chi connectivity index (χ4n) is 1.68. The van der Waals surface area contributed by atoms with Crippen LogP contribution in [0.25, 0.3) is 0 Å². The Kier molecular flexibility index (Phi) is 3.46. The quantitative estimate of drug-likeness (QED) is 0.873. The Labute approximate surface area is 97.3 Å². The minimum absolute atomic E-state index is 0.0738. The third kappa shape index (κ3) is 2.05. The summed E-state index contributed by atoms with van der Waals surface area (Å²) in [6.45, 7) is -0.546. The average molecular weight is 241 g/mol. The first kappa shape index (κ1) is 11.4. The van der Waals surface area contributed by atoms with Gasteiger partial charge in [0.15, 0.2) is 0 Å². The van der Waals surface area contributed by atoms with E-state index in [0.29, 0.717) is 11.4 Å². The predicted octanol–water partition coefficient (Wildman–Crippen LogP) is 1.59. The molecular formula is C11H12FNO2S. The van der Waals surface area contributed by atoms with Crippen molar-refractivity contribution in [1.82, 2.24) is 0 Å². The molecule has 1 aromatic carbocycles. The summed E-state index contributed by atoms with van der Waals surface area (Å²) in [4.78, 5) is 14.0. The minimum Gasteiger partial charge on any atom is -0.392 e. The number of carbonyl (C=O) groups excluding carboxylic acids is 1. The summed E-state index contributed by atoms with van der Waals surface area (Å²) in [7, 11) is 0. The van der Waals surface area contributed by atoms with Crippen molar-refractivity contribution in [2.24, 2.45) is 0 Å². The van der Waals surface area contributed by atoms with Gasteiger partial charge in [0, 0.05) is 4.90 Å². The van der Waals surface area contributed by atoms with E-state index in [2.05, 4.69) is 0 Å². The van der Waals surface area contributed by atoms with Gasteiger partial charge in [-0.3, -0.25) is 4.79 Å². The van der Waals surface area contributed by atoms with Crippen LogP contribution < -0.4 is 4.90 Å². The number of anilines is 1. The second-order valence-electron chi connectivity index (χ2n) is 3.48. The van der Waals surface area contributed by atoms with E-state index >= 15 is 0 Å². The first-order valence-corrected chi connectivity index (χ1v) is 5.97. The molecular weight excluding hydrogens is 229 g/mol. The molecule has 1 heterocycles. The lowest BCUT2D eigenvalue weighted by molar-refractivity contribution is -0.116. The van der Waals surface area contributed by atoms with E-state index in [1.54, 1.807) is 6.07 Å². The van der Waals surface area contributed by atoms with Gasteiger partial charge in [0.25, 0.3) is 0 Å². The zero-order chi connectivity index (χ0) is 11.5. The van der Waals surface area contributed by atoms with Crippen LogP contribution in [0.15, 0.2) is 23.1 Å². The molecule has 0 saturated heterocycles. The second-order valence-corrected chi connectivity index (χ2v) is 4.50. The number of carbonyl (C=O) groups is 1. The number of halogens is 1. The van der Waals surface area contributed by atoms with Crippen LogP contribution in [0, 0.1) is 0 Å². The Morgan fingerprint density at radius 3 is 3.00 bits per heavy atom. The number of nitrogens with zero attached hydrogens (tertiary/aromatic N) is 1. The molecule has 1 aliphatic rings. The summed E-state index contributed by atoms with van der Waals surface area (Å²) in [6, 6.07) is 5.42. The van der Waals surface area contributed by atoms with Crippen LogP contribution in [0.3, 0.4) is 0 Å². The van der Waals surface area contributed by atoms with Crippen molar-refractivity contribution in [3.63, 3.8) is 0 Å². The van der Waals surface area contributed by atoms with Crippen LogP contribution in [0.2, 0.25) is 0 Å². The van der Waals surface area contributed by atoms with E-state index in [9.17, 15) is 9.18 Å². The Morgan fingerprint density at radius 2 is 2.31 bits per heavy atom. The first-order chi connectivity index (χ1) is 7.76. The monoisotopic (exact) mass is 241 g/mol. The van der Waals surface area contributed by atoms with Crippen LogP contribution in [-0.4, -0.2) is 30.0 Å². The molecule has 0 aliphatic carbocycles. The number of fused-ring (bicyclic) bond motifs is 1. The zero-order valence-electron chi connectivity index (χ0n) is 8.65. The highest BCUT2D eigenvalue weighted by atomic mass is 32.2. The molecule has 0 unspecified atom stereocenters. The third-order valence-corrected chi connectivity index (χ3v) is 3.50. The van der Waals surface area contributed by atoms with Crippen LogP contribution >= 0.6 is 11.8 Å². The van der Waals surface area contributed by atoms with Crippen molar-refractivity contribution in [3.05, 3.63) is 23.8 Å². The van der Waals surface area contributed by atoms with E-state index in [-0.39, 0.29) is 19.1 Å². The Morgan fingerprint density at radius 1 is 1.50 bits per heavy atom. The maximum absolute atomic E-state index is 12.4. The highest BCUT2D eigenvalue weighted by Crippen LogP contribution is 2.35. The molecule has 5 heteroatoms. The molecule has 1 aromatic rings. The lowest BCUT2D eigenvalue weighted by Crippen LogP contribution is -2.37. The molecule has 2 rings (SSSR count). The fraction of sp³-hybridized carbons (Fsp3) is 0.364.